The molecule has 0 saturated heterocycles. The number of hydrazine groups is 1. The van der Waals surface area contributed by atoms with E-state index in [1.165, 1.54) is 5.01 Å². The van der Waals surface area contributed by atoms with Crippen molar-refractivity contribution in [3.8, 4) is 6.07 Å². The lowest BCUT2D eigenvalue weighted by Crippen LogP contribution is -2.51. The zero-order valence-electron chi connectivity index (χ0n) is 23.7. The van der Waals surface area contributed by atoms with Gasteiger partial charge in [0.15, 0.2) is 5.11 Å². The number of carbonyl (C=O) groups excluding carboxylic acids is 1. The summed E-state index contributed by atoms with van der Waals surface area (Å²) in [5.41, 5.74) is 6.82. The van der Waals surface area contributed by atoms with Crippen LogP contribution in [0.5, 0.6) is 0 Å². The molecule has 222 valence electrons. The van der Waals surface area contributed by atoms with Crippen LogP contribution in [0.2, 0.25) is 15.1 Å². The standard InChI is InChI=1S/C32H31Cl3N6OS/c1-21(2)13-14-38-41(32(43)39-26-7-4-6-25(33)16-26)31(42)27(15-24-5-3-8-28(34)30(24)35)29-18-37-20-40(29)19-23-11-9-22(17-36)10-12-23/h3-12,16,18,20-21,27,38H,13-15,19H2,1-2H3,(H,39,43). The van der Waals surface area contributed by atoms with Crippen molar-refractivity contribution in [3.63, 3.8) is 0 Å². The summed E-state index contributed by atoms with van der Waals surface area (Å²) in [4.78, 5) is 19.0. The molecule has 0 spiro atoms. The summed E-state index contributed by atoms with van der Waals surface area (Å²) in [6.45, 7) is 5.19. The Kier molecular flexibility index (Phi) is 11.6. The van der Waals surface area contributed by atoms with Gasteiger partial charge < -0.3 is 9.88 Å². The number of anilines is 1. The van der Waals surface area contributed by atoms with Crippen molar-refractivity contribution in [2.75, 3.05) is 11.9 Å². The van der Waals surface area contributed by atoms with Gasteiger partial charge in [0.05, 0.1) is 39.6 Å². The van der Waals surface area contributed by atoms with Crippen LogP contribution in [0.1, 0.15) is 48.6 Å². The van der Waals surface area contributed by atoms with E-state index in [-0.39, 0.29) is 17.4 Å². The number of imidazole rings is 1. The Morgan fingerprint density at radius 2 is 1.84 bits per heavy atom. The smallest absolute Gasteiger partial charge is 0.252 e. The number of aromatic nitrogens is 2. The normalized spacial score (nSPS) is 11.7. The van der Waals surface area contributed by atoms with Crippen molar-refractivity contribution >= 4 is 63.7 Å². The van der Waals surface area contributed by atoms with Crippen LogP contribution in [0.25, 0.3) is 0 Å². The van der Waals surface area contributed by atoms with Gasteiger partial charge in [-0.15, -0.1) is 0 Å². The molecular formula is C32H31Cl3N6OS. The number of amides is 1. The van der Waals surface area contributed by atoms with Crippen LogP contribution in [0, 0.1) is 17.2 Å². The van der Waals surface area contributed by atoms with Gasteiger partial charge in [-0.2, -0.15) is 5.26 Å². The molecule has 1 unspecified atom stereocenters. The molecular weight excluding hydrogens is 623 g/mol. The first-order chi connectivity index (χ1) is 20.7. The lowest BCUT2D eigenvalue weighted by molar-refractivity contribution is -0.131. The van der Waals surface area contributed by atoms with E-state index in [1.807, 2.05) is 34.9 Å². The van der Waals surface area contributed by atoms with Crippen LogP contribution in [0.3, 0.4) is 0 Å². The van der Waals surface area contributed by atoms with Crippen LogP contribution in [-0.4, -0.2) is 32.1 Å². The van der Waals surface area contributed by atoms with Crippen LogP contribution in [-0.2, 0) is 17.8 Å². The first kappa shape index (κ1) is 32.5. The lowest BCUT2D eigenvalue weighted by Gasteiger charge is -2.29. The van der Waals surface area contributed by atoms with Crippen LogP contribution < -0.4 is 10.7 Å². The number of benzene rings is 3. The van der Waals surface area contributed by atoms with E-state index in [1.54, 1.807) is 48.9 Å². The number of nitriles is 1. The molecule has 1 amide bonds. The number of nitrogens with zero attached hydrogens (tertiary/aromatic N) is 4. The second-order valence-corrected chi connectivity index (χ2v) is 12.0. The molecule has 4 aromatic rings. The highest BCUT2D eigenvalue weighted by Gasteiger charge is 2.32. The molecule has 1 aromatic heterocycles. The van der Waals surface area contributed by atoms with Crippen LogP contribution >= 0.6 is 47.0 Å². The predicted molar refractivity (Wildman–Crippen MR) is 177 cm³/mol. The minimum absolute atomic E-state index is 0.177. The van der Waals surface area contributed by atoms with Gasteiger partial charge in [0.1, 0.15) is 0 Å². The largest absolute Gasteiger partial charge is 0.331 e. The molecule has 0 aliphatic heterocycles. The third-order valence-corrected chi connectivity index (χ3v) is 8.16. The van der Waals surface area contributed by atoms with E-state index in [0.717, 1.165) is 17.5 Å². The molecule has 3 aromatic carbocycles. The van der Waals surface area contributed by atoms with Gasteiger partial charge in [0.25, 0.3) is 5.91 Å². The summed E-state index contributed by atoms with van der Waals surface area (Å²) in [6.07, 6.45) is 4.45. The SMILES string of the molecule is CC(C)CCNN(C(=O)C(Cc1cccc(Cl)c1Cl)c1cncn1Cc1ccc(C#N)cc1)C(=S)Nc1cccc(Cl)c1. The van der Waals surface area contributed by atoms with E-state index in [4.69, 9.17) is 47.0 Å². The Hall–Kier alpha value is -3.45. The maximum atomic E-state index is 14.6. The number of rotatable bonds is 11. The number of nitrogens with one attached hydrogen (secondary N) is 2. The van der Waals surface area contributed by atoms with Gasteiger partial charge in [-0.1, -0.05) is 79.0 Å². The Bertz CT molecular complexity index is 1620. The van der Waals surface area contributed by atoms with E-state index in [2.05, 4.69) is 35.6 Å². The summed E-state index contributed by atoms with van der Waals surface area (Å²) in [7, 11) is 0. The monoisotopic (exact) mass is 652 g/mol. The van der Waals surface area contributed by atoms with Crippen molar-refractivity contribution in [2.45, 2.75) is 39.2 Å². The van der Waals surface area contributed by atoms with Gasteiger partial charge in [0.2, 0.25) is 0 Å². The van der Waals surface area contributed by atoms with E-state index < -0.39 is 5.92 Å². The quantitative estimate of drug-likeness (QED) is 0.127. The van der Waals surface area contributed by atoms with Crippen molar-refractivity contribution in [1.29, 1.82) is 5.26 Å². The third kappa shape index (κ3) is 8.79. The minimum atomic E-state index is -0.734. The van der Waals surface area contributed by atoms with Gasteiger partial charge in [-0.3, -0.25) is 4.79 Å². The minimum Gasteiger partial charge on any atom is -0.331 e. The highest BCUT2D eigenvalue weighted by molar-refractivity contribution is 7.80. The molecule has 0 aliphatic carbocycles. The number of carbonyl (C=O) groups is 1. The van der Waals surface area contributed by atoms with Gasteiger partial charge >= 0.3 is 0 Å². The first-order valence-electron chi connectivity index (χ1n) is 13.7. The Labute approximate surface area is 272 Å². The Morgan fingerprint density at radius 3 is 2.53 bits per heavy atom. The Balaban J connectivity index is 1.72. The van der Waals surface area contributed by atoms with Crippen molar-refractivity contribution < 1.29 is 4.79 Å². The summed E-state index contributed by atoms with van der Waals surface area (Å²) >= 11 is 24.9. The number of hydrogen-bond acceptors (Lipinski definition) is 5. The molecule has 0 fully saturated rings. The average molecular weight is 654 g/mol. The molecule has 0 radical (unpaired) electrons. The van der Waals surface area contributed by atoms with E-state index in [9.17, 15) is 10.1 Å². The highest BCUT2D eigenvalue weighted by Crippen LogP contribution is 2.32. The predicted octanol–water partition coefficient (Wildman–Crippen LogP) is 7.87. The molecule has 2 N–H and O–H groups in total. The fourth-order valence-corrected chi connectivity index (χ4v) is 5.36. The second kappa shape index (κ2) is 15.3. The number of thiocarbonyl (C=S) groups is 1. The number of halogens is 3. The summed E-state index contributed by atoms with van der Waals surface area (Å²) in [6, 6.07) is 21.9. The van der Waals surface area contributed by atoms with Crippen molar-refractivity contribution in [1.82, 2.24) is 20.0 Å². The van der Waals surface area contributed by atoms with Crippen LogP contribution in [0.15, 0.2) is 79.3 Å². The molecule has 1 heterocycles. The summed E-state index contributed by atoms with van der Waals surface area (Å²) in [5.74, 6) is -0.614. The maximum absolute atomic E-state index is 14.6. The fraction of sp³-hybridized carbons (Fsp3) is 0.250. The number of hydrogen-bond donors (Lipinski definition) is 2. The van der Waals surface area contributed by atoms with E-state index in [0.29, 0.717) is 51.0 Å². The van der Waals surface area contributed by atoms with Crippen LogP contribution in [0.4, 0.5) is 5.69 Å². The van der Waals surface area contributed by atoms with Crippen molar-refractivity contribution in [2.24, 2.45) is 5.92 Å². The zero-order valence-corrected chi connectivity index (χ0v) is 26.8. The lowest BCUT2D eigenvalue weighted by atomic mass is 9.95. The van der Waals surface area contributed by atoms with Gasteiger partial charge in [-0.25, -0.2) is 15.4 Å². The first-order valence-corrected chi connectivity index (χ1v) is 15.3. The fourth-order valence-electron chi connectivity index (χ4n) is 4.50. The van der Waals surface area contributed by atoms with Crippen molar-refractivity contribution in [3.05, 3.63) is 117 Å². The molecule has 4 rings (SSSR count). The van der Waals surface area contributed by atoms with Gasteiger partial charge in [0, 0.05) is 30.0 Å². The topological polar surface area (TPSA) is 86.0 Å². The highest BCUT2D eigenvalue weighted by atomic mass is 35.5. The molecule has 0 saturated carbocycles. The maximum Gasteiger partial charge on any atom is 0.252 e. The molecule has 11 heteroatoms. The summed E-state index contributed by atoms with van der Waals surface area (Å²) < 4.78 is 1.92. The Morgan fingerprint density at radius 1 is 1.09 bits per heavy atom. The molecule has 7 nitrogen and oxygen atoms in total. The molecule has 0 bridgehead atoms. The molecule has 43 heavy (non-hydrogen) atoms. The van der Waals surface area contributed by atoms with Gasteiger partial charge in [-0.05, 0) is 78.5 Å². The molecule has 0 aliphatic rings. The second-order valence-electron chi connectivity index (χ2n) is 10.4. The third-order valence-electron chi connectivity index (χ3n) is 6.78. The summed E-state index contributed by atoms with van der Waals surface area (Å²) in [5, 5.41) is 15.2. The zero-order chi connectivity index (χ0) is 30.9. The average Bonchev–Trinajstić information content (AvgIpc) is 3.43. The van der Waals surface area contributed by atoms with E-state index >= 15 is 0 Å². The molecule has 1 atom stereocenters.